The Morgan fingerprint density at radius 3 is 2.77 bits per heavy atom. The third-order valence-electron chi connectivity index (χ3n) is 4.56. The lowest BCUT2D eigenvalue weighted by molar-refractivity contribution is -0.110. The Labute approximate surface area is 146 Å². The number of benzene rings is 1. The molecule has 1 amide bonds. The highest BCUT2D eigenvalue weighted by Crippen LogP contribution is 2.42. The van der Waals surface area contributed by atoms with Gasteiger partial charge in [-0.1, -0.05) is 27.6 Å². The molecule has 0 saturated carbocycles. The van der Waals surface area contributed by atoms with Crippen molar-refractivity contribution < 1.29 is 4.79 Å². The van der Waals surface area contributed by atoms with Crippen LogP contribution in [0.25, 0.3) is 5.57 Å². The van der Waals surface area contributed by atoms with Gasteiger partial charge in [-0.05, 0) is 77.4 Å². The van der Waals surface area contributed by atoms with Crippen LogP contribution in [0.1, 0.15) is 37.7 Å². The average Bonchev–Trinajstić information content (AvgIpc) is 3.02. The molecule has 0 fully saturated rings. The maximum Gasteiger partial charge on any atom is 0.256 e. The molecule has 0 unspecified atom stereocenters. The molecule has 3 aliphatic rings. The van der Waals surface area contributed by atoms with Crippen LogP contribution in [0.4, 0.5) is 5.69 Å². The summed E-state index contributed by atoms with van der Waals surface area (Å²) in [5.41, 5.74) is 6.95. The molecule has 1 N–H and O–H groups in total. The van der Waals surface area contributed by atoms with E-state index in [1.807, 2.05) is 12.1 Å². The van der Waals surface area contributed by atoms with Gasteiger partial charge in [0.05, 0.1) is 5.69 Å². The molecule has 0 radical (unpaired) electrons. The van der Waals surface area contributed by atoms with Crippen LogP contribution < -0.4 is 5.32 Å². The van der Waals surface area contributed by atoms with Crippen LogP contribution in [0.5, 0.6) is 0 Å². The van der Waals surface area contributed by atoms with Gasteiger partial charge in [0.25, 0.3) is 5.91 Å². The number of amides is 1. The molecule has 0 atom stereocenters. The summed E-state index contributed by atoms with van der Waals surface area (Å²) in [5, 5.41) is 2.96. The first-order valence-corrected chi connectivity index (χ1v) is 9.14. The topological polar surface area (TPSA) is 29.1 Å². The highest BCUT2D eigenvalue weighted by Gasteiger charge is 2.27. The molecule has 2 nitrogen and oxygen atoms in total. The van der Waals surface area contributed by atoms with Crippen LogP contribution in [-0.4, -0.2) is 5.91 Å². The minimum Gasteiger partial charge on any atom is -0.320 e. The highest BCUT2D eigenvalue weighted by atomic mass is 79.9. The zero-order valence-electron chi connectivity index (χ0n) is 12.0. The van der Waals surface area contributed by atoms with E-state index in [9.17, 15) is 4.79 Å². The lowest BCUT2D eigenvalue weighted by Crippen LogP contribution is -2.04. The average molecular weight is 421 g/mol. The van der Waals surface area contributed by atoms with Crippen LogP contribution in [0.15, 0.2) is 49.9 Å². The minimum absolute atomic E-state index is 0.0143. The van der Waals surface area contributed by atoms with Crippen molar-refractivity contribution in [3.8, 4) is 0 Å². The van der Waals surface area contributed by atoms with Gasteiger partial charge in [0.1, 0.15) is 0 Å². The number of hydrogen-bond donors (Lipinski definition) is 1. The Balaban J connectivity index is 1.72. The second kappa shape index (κ2) is 5.50. The van der Waals surface area contributed by atoms with Crippen molar-refractivity contribution in [2.24, 2.45) is 0 Å². The molecule has 1 aromatic carbocycles. The monoisotopic (exact) mass is 419 g/mol. The van der Waals surface area contributed by atoms with Gasteiger partial charge in [0.2, 0.25) is 0 Å². The molecule has 2 aliphatic carbocycles. The van der Waals surface area contributed by atoms with E-state index in [1.54, 1.807) is 5.57 Å². The zero-order chi connectivity index (χ0) is 15.3. The Kier molecular flexibility index (Phi) is 3.61. The van der Waals surface area contributed by atoms with Crippen molar-refractivity contribution in [3.05, 3.63) is 55.5 Å². The van der Waals surface area contributed by atoms with E-state index in [1.165, 1.54) is 36.8 Å². The van der Waals surface area contributed by atoms with Crippen LogP contribution in [0.3, 0.4) is 0 Å². The molecular formula is C18H15Br2NO. The third-order valence-corrected chi connectivity index (χ3v) is 5.65. The molecule has 0 saturated heterocycles. The van der Waals surface area contributed by atoms with E-state index in [4.69, 9.17) is 0 Å². The zero-order valence-corrected chi connectivity index (χ0v) is 15.2. The summed E-state index contributed by atoms with van der Waals surface area (Å²) in [6.45, 7) is 0. The van der Waals surface area contributed by atoms with Gasteiger partial charge in [0, 0.05) is 20.1 Å². The van der Waals surface area contributed by atoms with Gasteiger partial charge in [-0.15, -0.1) is 0 Å². The van der Waals surface area contributed by atoms with Gasteiger partial charge in [0.15, 0.2) is 0 Å². The highest BCUT2D eigenvalue weighted by molar-refractivity contribution is 9.11. The predicted molar refractivity (Wildman–Crippen MR) is 96.6 cm³/mol. The van der Waals surface area contributed by atoms with Crippen LogP contribution in [0.2, 0.25) is 0 Å². The lowest BCUT2D eigenvalue weighted by atomic mass is 9.93. The van der Waals surface area contributed by atoms with E-state index in [0.29, 0.717) is 0 Å². The van der Waals surface area contributed by atoms with Crippen LogP contribution in [-0.2, 0) is 4.79 Å². The minimum atomic E-state index is -0.0143. The number of fused-ring (bicyclic) bond motifs is 1. The Morgan fingerprint density at radius 1 is 1.14 bits per heavy atom. The number of anilines is 1. The molecule has 1 heterocycles. The Morgan fingerprint density at radius 2 is 1.95 bits per heavy atom. The van der Waals surface area contributed by atoms with Gasteiger partial charge in [-0.3, -0.25) is 4.79 Å². The van der Waals surface area contributed by atoms with E-state index in [0.717, 1.165) is 32.2 Å². The summed E-state index contributed by atoms with van der Waals surface area (Å²) in [6.07, 6.45) is 10.4. The fourth-order valence-electron chi connectivity index (χ4n) is 3.53. The molecule has 1 aromatic rings. The number of allylic oxidation sites excluding steroid dienone is 5. The fraction of sp³-hybridized carbons (Fsp3) is 0.278. The number of carbonyl (C=O) groups is 1. The molecule has 1 aliphatic heterocycles. The summed E-state index contributed by atoms with van der Waals surface area (Å²) < 4.78 is 1.88. The van der Waals surface area contributed by atoms with Crippen LogP contribution >= 0.6 is 31.9 Å². The first-order valence-electron chi connectivity index (χ1n) is 7.56. The van der Waals surface area contributed by atoms with Crippen molar-refractivity contribution >= 4 is 49.0 Å². The number of hydrogen-bond acceptors (Lipinski definition) is 1. The SMILES string of the molecule is O=C1Nc2c(Br)cc(Br)cc2C1=CC1=CC2=C(CCCC2)C1. The van der Waals surface area contributed by atoms with Crippen molar-refractivity contribution in [1.82, 2.24) is 0 Å². The maximum atomic E-state index is 12.3. The normalized spacial score (nSPS) is 21.8. The molecule has 4 heteroatoms. The van der Waals surface area contributed by atoms with Crippen molar-refractivity contribution in [2.75, 3.05) is 5.32 Å². The maximum absolute atomic E-state index is 12.3. The second-order valence-corrected chi connectivity index (χ2v) is 7.82. The third kappa shape index (κ3) is 2.42. The number of nitrogens with one attached hydrogen (secondary N) is 1. The molecule has 22 heavy (non-hydrogen) atoms. The summed E-state index contributed by atoms with van der Waals surface area (Å²) in [6, 6.07) is 3.96. The molecule has 0 spiro atoms. The number of carbonyl (C=O) groups excluding carboxylic acids is 1. The quantitative estimate of drug-likeness (QED) is 0.576. The summed E-state index contributed by atoms with van der Waals surface area (Å²) in [5.74, 6) is -0.0143. The molecule has 0 aromatic heterocycles. The lowest BCUT2D eigenvalue weighted by Gasteiger charge is -2.12. The summed E-state index contributed by atoms with van der Waals surface area (Å²) in [7, 11) is 0. The smallest absolute Gasteiger partial charge is 0.256 e. The largest absolute Gasteiger partial charge is 0.320 e. The summed E-state index contributed by atoms with van der Waals surface area (Å²) >= 11 is 7.03. The van der Waals surface area contributed by atoms with Crippen molar-refractivity contribution in [3.63, 3.8) is 0 Å². The standard InChI is InChI=1S/C18H15Br2NO/c19-13-8-14-15(18(22)21-17(14)16(20)9-13)7-10-5-11-3-1-2-4-12(11)6-10/h5,7-9H,1-4,6H2,(H,21,22). The van der Waals surface area contributed by atoms with Gasteiger partial charge >= 0.3 is 0 Å². The molecular weight excluding hydrogens is 406 g/mol. The van der Waals surface area contributed by atoms with E-state index in [2.05, 4.69) is 49.3 Å². The van der Waals surface area contributed by atoms with Crippen molar-refractivity contribution in [2.45, 2.75) is 32.1 Å². The van der Waals surface area contributed by atoms with Gasteiger partial charge in [-0.2, -0.15) is 0 Å². The first kappa shape index (κ1) is 14.5. The molecule has 0 bridgehead atoms. The Bertz CT molecular complexity index is 787. The van der Waals surface area contributed by atoms with Gasteiger partial charge in [-0.25, -0.2) is 0 Å². The summed E-state index contributed by atoms with van der Waals surface area (Å²) in [4.78, 5) is 12.3. The fourth-order valence-corrected chi connectivity index (χ4v) is 4.85. The molecule has 112 valence electrons. The first-order chi connectivity index (χ1) is 10.6. The number of halogens is 2. The van der Waals surface area contributed by atoms with Crippen molar-refractivity contribution in [1.29, 1.82) is 0 Å². The van der Waals surface area contributed by atoms with E-state index < -0.39 is 0 Å². The van der Waals surface area contributed by atoms with E-state index >= 15 is 0 Å². The van der Waals surface area contributed by atoms with Crippen LogP contribution in [0, 0.1) is 0 Å². The Hall–Kier alpha value is -1.13. The van der Waals surface area contributed by atoms with E-state index in [-0.39, 0.29) is 5.91 Å². The van der Waals surface area contributed by atoms with Gasteiger partial charge < -0.3 is 5.32 Å². The molecule has 4 rings (SSSR count). The second-order valence-electron chi connectivity index (χ2n) is 6.05. The predicted octanol–water partition coefficient (Wildman–Crippen LogP) is 5.75. The number of rotatable bonds is 1.